The number of nitrogens with two attached hydrogens (primary N) is 1. The van der Waals surface area contributed by atoms with Crippen molar-refractivity contribution in [3.8, 4) is 16.8 Å². The molecule has 1 unspecified atom stereocenters. The van der Waals surface area contributed by atoms with E-state index in [0.717, 1.165) is 23.5 Å². The lowest BCUT2D eigenvalue weighted by atomic mass is 9.78. The van der Waals surface area contributed by atoms with Crippen LogP contribution in [0, 0.1) is 0 Å². The largest absolute Gasteiger partial charge is 0.398 e. The van der Waals surface area contributed by atoms with E-state index < -0.39 is 0 Å². The van der Waals surface area contributed by atoms with Crippen molar-refractivity contribution in [2.24, 2.45) is 5.73 Å². The molecule has 10 rings (SSSR count). The van der Waals surface area contributed by atoms with Gasteiger partial charge in [-0.1, -0.05) is 166 Å². The Kier molecular flexibility index (Phi) is 7.53. The third-order valence-electron chi connectivity index (χ3n) is 11.6. The second-order valence-corrected chi connectivity index (χ2v) is 15.1. The molecule has 9 aromatic rings. The molecule has 0 aliphatic heterocycles. The maximum atomic E-state index is 6.92. The van der Waals surface area contributed by atoms with Crippen molar-refractivity contribution in [3.05, 3.63) is 204 Å². The van der Waals surface area contributed by atoms with E-state index >= 15 is 0 Å². The normalized spacial score (nSPS) is 14.1. The molecule has 1 aliphatic rings. The maximum absolute atomic E-state index is 6.92. The Morgan fingerprint density at radius 1 is 0.593 bits per heavy atom. The number of nitrogens with one attached hydrogen (secondary N) is 1. The lowest BCUT2D eigenvalue weighted by Crippen LogP contribution is -2.20. The van der Waals surface area contributed by atoms with E-state index in [0.29, 0.717) is 0 Å². The first-order chi connectivity index (χ1) is 26.5. The molecular formula is C51H41N3. The highest BCUT2D eigenvalue weighted by Crippen LogP contribution is 2.57. The second kappa shape index (κ2) is 12.6. The molecule has 260 valence electrons. The quantitative estimate of drug-likeness (QED) is 0.163. The average molecular weight is 696 g/mol. The van der Waals surface area contributed by atoms with Crippen LogP contribution in [0.2, 0.25) is 0 Å². The van der Waals surface area contributed by atoms with Gasteiger partial charge in [-0.05, 0) is 84.8 Å². The third-order valence-corrected chi connectivity index (χ3v) is 11.6. The molecule has 0 spiro atoms. The minimum atomic E-state index is -0.244. The smallest absolute Gasteiger partial charge is 0.0588 e. The summed E-state index contributed by atoms with van der Waals surface area (Å²) in [5, 5.41) is 11.5. The first-order valence-electron chi connectivity index (χ1n) is 18.9. The first kappa shape index (κ1) is 32.2. The van der Waals surface area contributed by atoms with Gasteiger partial charge in [0.25, 0.3) is 0 Å². The fraction of sp³-hybridized carbons (Fsp3) is 0.0980. The summed E-state index contributed by atoms with van der Waals surface area (Å²) in [4.78, 5) is 0. The summed E-state index contributed by atoms with van der Waals surface area (Å²) in [7, 11) is 0. The molecule has 0 saturated carbocycles. The Morgan fingerprint density at radius 2 is 1.19 bits per heavy atom. The predicted octanol–water partition coefficient (Wildman–Crippen LogP) is 12.2. The summed E-state index contributed by atoms with van der Waals surface area (Å²) < 4.78 is 2.49. The van der Waals surface area contributed by atoms with Crippen LogP contribution in [0.25, 0.3) is 65.9 Å². The van der Waals surface area contributed by atoms with Gasteiger partial charge in [0.05, 0.1) is 17.1 Å². The van der Waals surface area contributed by atoms with Gasteiger partial charge in [0, 0.05) is 34.1 Å². The SMILES string of the molecule is CC1(C)c2c(c3ccccc3c3ccccc23)-c2ccc3c4ccccc4n(-c4ccc(/C(N)=C/C(NCc5ccccc5)c5ccccc5)cc4)c3c21. The number of hydrogen-bond acceptors (Lipinski definition) is 2. The molecule has 0 bridgehead atoms. The predicted molar refractivity (Wildman–Crippen MR) is 228 cm³/mol. The zero-order valence-corrected chi connectivity index (χ0v) is 30.6. The minimum Gasteiger partial charge on any atom is -0.398 e. The Bertz CT molecular complexity index is 2900. The molecule has 0 fully saturated rings. The van der Waals surface area contributed by atoms with Gasteiger partial charge in [0.15, 0.2) is 0 Å². The number of hydrogen-bond donors (Lipinski definition) is 2. The van der Waals surface area contributed by atoms with Crippen molar-refractivity contribution >= 4 is 49.0 Å². The lowest BCUT2D eigenvalue weighted by molar-refractivity contribution is 0.621. The molecule has 3 heteroatoms. The summed E-state index contributed by atoms with van der Waals surface area (Å²) >= 11 is 0. The number of aromatic nitrogens is 1. The van der Waals surface area contributed by atoms with E-state index in [9.17, 15) is 0 Å². The van der Waals surface area contributed by atoms with Gasteiger partial charge >= 0.3 is 0 Å². The topological polar surface area (TPSA) is 43.0 Å². The Morgan fingerprint density at radius 3 is 1.91 bits per heavy atom. The van der Waals surface area contributed by atoms with E-state index in [1.54, 1.807) is 0 Å². The van der Waals surface area contributed by atoms with E-state index in [1.807, 2.05) is 0 Å². The second-order valence-electron chi connectivity index (χ2n) is 15.1. The average Bonchev–Trinajstić information content (AvgIpc) is 3.69. The minimum absolute atomic E-state index is 0.0398. The van der Waals surface area contributed by atoms with Crippen molar-refractivity contribution in [3.63, 3.8) is 0 Å². The molecule has 3 nitrogen and oxygen atoms in total. The highest BCUT2D eigenvalue weighted by atomic mass is 15.0. The fourth-order valence-corrected chi connectivity index (χ4v) is 9.20. The lowest BCUT2D eigenvalue weighted by Gasteiger charge is -2.25. The van der Waals surface area contributed by atoms with Gasteiger partial charge in [-0.2, -0.15) is 0 Å². The summed E-state index contributed by atoms with van der Waals surface area (Å²) in [6, 6.07) is 61.3. The summed E-state index contributed by atoms with van der Waals surface area (Å²) in [5.41, 5.74) is 19.9. The molecule has 3 N–H and O–H groups in total. The molecule has 0 amide bonds. The Hall–Kier alpha value is -6.42. The van der Waals surface area contributed by atoms with E-state index in [4.69, 9.17) is 5.73 Å². The highest BCUT2D eigenvalue weighted by molar-refractivity contribution is 6.21. The van der Waals surface area contributed by atoms with Gasteiger partial charge in [-0.15, -0.1) is 0 Å². The molecule has 0 radical (unpaired) electrons. The van der Waals surface area contributed by atoms with E-state index in [2.05, 4.69) is 200 Å². The standard InChI is InChI=1S/C51H41N3/c1-51(2)48-41-23-12-10-20-38(41)37-19-9-11-22-40(37)47(48)43-30-29-42-39-21-13-14-24-46(39)54(50(42)49(43)51)36-27-25-34(26-28-36)44(52)31-45(35-17-7-4-8-18-35)53-32-33-15-5-3-6-16-33/h3-31,45,53H,32,52H2,1-2H3/b44-31-. The van der Waals surface area contributed by atoms with Crippen LogP contribution in [0.15, 0.2) is 176 Å². The molecule has 54 heavy (non-hydrogen) atoms. The van der Waals surface area contributed by atoms with Crippen LogP contribution in [-0.2, 0) is 12.0 Å². The van der Waals surface area contributed by atoms with E-state index in [1.165, 1.54) is 76.7 Å². The van der Waals surface area contributed by atoms with Crippen molar-refractivity contribution in [1.82, 2.24) is 9.88 Å². The van der Waals surface area contributed by atoms with Gasteiger partial charge in [-0.25, -0.2) is 0 Å². The van der Waals surface area contributed by atoms with Crippen LogP contribution in [0.4, 0.5) is 0 Å². The van der Waals surface area contributed by atoms with Gasteiger partial charge in [0.1, 0.15) is 0 Å². The molecule has 0 saturated heterocycles. The van der Waals surface area contributed by atoms with Crippen molar-refractivity contribution in [2.45, 2.75) is 31.8 Å². The molecule has 1 aliphatic carbocycles. The summed E-state index contributed by atoms with van der Waals surface area (Å²) in [6.07, 6.45) is 2.15. The third kappa shape index (κ3) is 5.00. The monoisotopic (exact) mass is 695 g/mol. The summed E-state index contributed by atoms with van der Waals surface area (Å²) in [6.45, 7) is 5.58. The number of benzene rings is 8. The van der Waals surface area contributed by atoms with Gasteiger partial charge < -0.3 is 15.6 Å². The van der Waals surface area contributed by atoms with Crippen LogP contribution >= 0.6 is 0 Å². The van der Waals surface area contributed by atoms with E-state index in [-0.39, 0.29) is 11.5 Å². The van der Waals surface area contributed by atoms with Crippen LogP contribution in [-0.4, -0.2) is 4.57 Å². The van der Waals surface area contributed by atoms with Crippen LogP contribution in [0.3, 0.4) is 0 Å². The van der Waals surface area contributed by atoms with Crippen molar-refractivity contribution in [1.29, 1.82) is 0 Å². The Labute approximate surface area is 316 Å². The van der Waals surface area contributed by atoms with Crippen LogP contribution in [0.5, 0.6) is 0 Å². The first-order valence-corrected chi connectivity index (χ1v) is 18.9. The highest BCUT2D eigenvalue weighted by Gasteiger charge is 2.41. The fourth-order valence-electron chi connectivity index (χ4n) is 9.20. The number of nitrogens with zero attached hydrogens (tertiary/aromatic N) is 1. The Balaban J connectivity index is 1.12. The number of fused-ring (bicyclic) bond motifs is 12. The van der Waals surface area contributed by atoms with Crippen molar-refractivity contribution < 1.29 is 0 Å². The zero-order chi connectivity index (χ0) is 36.4. The molecule has 1 atom stereocenters. The zero-order valence-electron chi connectivity index (χ0n) is 30.6. The van der Waals surface area contributed by atoms with Crippen molar-refractivity contribution in [2.75, 3.05) is 0 Å². The maximum Gasteiger partial charge on any atom is 0.0588 e. The summed E-state index contributed by atoms with van der Waals surface area (Å²) in [5.74, 6) is 0. The molecular weight excluding hydrogens is 655 g/mol. The van der Waals surface area contributed by atoms with Gasteiger partial charge in [-0.3, -0.25) is 0 Å². The number of rotatable bonds is 7. The van der Waals surface area contributed by atoms with Gasteiger partial charge in [0.2, 0.25) is 0 Å². The number of para-hydroxylation sites is 1. The molecule has 1 heterocycles. The molecule has 1 aromatic heterocycles. The van der Waals surface area contributed by atoms with Crippen LogP contribution in [0.1, 0.15) is 47.7 Å². The van der Waals surface area contributed by atoms with Crippen LogP contribution < -0.4 is 11.1 Å². The molecule has 8 aromatic carbocycles.